The summed E-state index contributed by atoms with van der Waals surface area (Å²) in [5, 5.41) is 8.32. The van der Waals surface area contributed by atoms with E-state index in [0.717, 1.165) is 11.4 Å². The first-order valence-corrected chi connectivity index (χ1v) is 5.29. The maximum absolute atomic E-state index is 4.17. The van der Waals surface area contributed by atoms with E-state index in [1.165, 1.54) is 0 Å². The van der Waals surface area contributed by atoms with Crippen LogP contribution in [0.2, 0.25) is 0 Å². The van der Waals surface area contributed by atoms with Gasteiger partial charge in [0.25, 0.3) is 0 Å². The second-order valence-corrected chi connectivity index (χ2v) is 3.15. The molecule has 0 radical (unpaired) electrons. The first-order chi connectivity index (χ1) is 7.86. The summed E-state index contributed by atoms with van der Waals surface area (Å²) >= 11 is 0. The normalized spacial score (nSPS) is 13.2. The standard InChI is InChI=1S/C14H16N2/c1-3-5-10-13(9-4-2)15-16-14-11-7-6-8-12-14/h3-12H,1-2H3/b5-3-,9-4-,13-10+,16-15?. The van der Waals surface area contributed by atoms with Crippen LogP contribution in [0, 0.1) is 0 Å². The number of rotatable bonds is 4. The van der Waals surface area contributed by atoms with Crippen LogP contribution in [0.15, 0.2) is 76.6 Å². The molecule has 0 atom stereocenters. The molecule has 1 aromatic rings. The molecule has 16 heavy (non-hydrogen) atoms. The van der Waals surface area contributed by atoms with Crippen molar-refractivity contribution in [2.45, 2.75) is 13.8 Å². The quantitative estimate of drug-likeness (QED) is 0.505. The third kappa shape index (κ3) is 4.51. The molecule has 2 heteroatoms. The van der Waals surface area contributed by atoms with Gasteiger partial charge in [-0.3, -0.25) is 0 Å². The SMILES string of the molecule is C\C=C/C=C(\C=C/C)N=Nc1ccccc1. The van der Waals surface area contributed by atoms with Gasteiger partial charge in [0.15, 0.2) is 0 Å². The van der Waals surface area contributed by atoms with E-state index in [0.29, 0.717) is 0 Å². The molecule has 82 valence electrons. The summed E-state index contributed by atoms with van der Waals surface area (Å²) in [6.07, 6.45) is 9.69. The van der Waals surface area contributed by atoms with E-state index in [1.54, 1.807) is 0 Å². The summed E-state index contributed by atoms with van der Waals surface area (Å²) in [7, 11) is 0. The first-order valence-electron chi connectivity index (χ1n) is 5.29. The summed E-state index contributed by atoms with van der Waals surface area (Å²) in [6, 6.07) is 9.69. The highest BCUT2D eigenvalue weighted by Gasteiger charge is 1.87. The highest BCUT2D eigenvalue weighted by atomic mass is 15.1. The van der Waals surface area contributed by atoms with Crippen molar-refractivity contribution in [3.05, 3.63) is 66.4 Å². The monoisotopic (exact) mass is 212 g/mol. The smallest absolute Gasteiger partial charge is 0.0857 e. The molecule has 0 aromatic heterocycles. The van der Waals surface area contributed by atoms with Gasteiger partial charge in [0, 0.05) is 0 Å². The van der Waals surface area contributed by atoms with Gasteiger partial charge in [-0.15, -0.1) is 0 Å². The van der Waals surface area contributed by atoms with Crippen LogP contribution in [0.3, 0.4) is 0 Å². The van der Waals surface area contributed by atoms with Crippen LogP contribution in [-0.2, 0) is 0 Å². The van der Waals surface area contributed by atoms with Crippen molar-refractivity contribution < 1.29 is 0 Å². The number of hydrogen-bond acceptors (Lipinski definition) is 2. The van der Waals surface area contributed by atoms with Crippen molar-refractivity contribution in [2.24, 2.45) is 10.2 Å². The molecule has 1 aromatic carbocycles. The van der Waals surface area contributed by atoms with Crippen LogP contribution < -0.4 is 0 Å². The van der Waals surface area contributed by atoms with Gasteiger partial charge in [-0.1, -0.05) is 36.4 Å². The highest BCUT2D eigenvalue weighted by molar-refractivity contribution is 5.35. The van der Waals surface area contributed by atoms with E-state index in [9.17, 15) is 0 Å². The third-order valence-electron chi connectivity index (χ3n) is 1.83. The van der Waals surface area contributed by atoms with Crippen LogP contribution in [0.1, 0.15) is 13.8 Å². The molecule has 0 amide bonds. The van der Waals surface area contributed by atoms with Crippen molar-refractivity contribution in [1.82, 2.24) is 0 Å². The van der Waals surface area contributed by atoms with Gasteiger partial charge in [-0.05, 0) is 38.1 Å². The Morgan fingerprint density at radius 2 is 1.81 bits per heavy atom. The molecule has 0 saturated carbocycles. The van der Waals surface area contributed by atoms with Gasteiger partial charge in [0.1, 0.15) is 0 Å². The van der Waals surface area contributed by atoms with Crippen molar-refractivity contribution >= 4 is 5.69 Å². The molecule has 1 rings (SSSR count). The molecule has 0 spiro atoms. The van der Waals surface area contributed by atoms with Gasteiger partial charge < -0.3 is 0 Å². The molecular weight excluding hydrogens is 196 g/mol. The molecule has 0 N–H and O–H groups in total. The Bertz CT molecular complexity index is 412. The van der Waals surface area contributed by atoms with Crippen molar-refractivity contribution in [2.75, 3.05) is 0 Å². The molecule has 2 nitrogen and oxygen atoms in total. The Morgan fingerprint density at radius 3 is 2.44 bits per heavy atom. The average Bonchev–Trinajstić information content (AvgIpc) is 2.34. The summed E-state index contributed by atoms with van der Waals surface area (Å²) < 4.78 is 0. The minimum atomic E-state index is 0.837. The van der Waals surface area contributed by atoms with E-state index in [2.05, 4.69) is 10.2 Å². The van der Waals surface area contributed by atoms with E-state index < -0.39 is 0 Å². The van der Waals surface area contributed by atoms with Gasteiger partial charge in [0.05, 0.1) is 11.4 Å². The lowest BCUT2D eigenvalue weighted by molar-refractivity contribution is 1.17. The molecule has 0 unspecified atom stereocenters. The summed E-state index contributed by atoms with van der Waals surface area (Å²) in [4.78, 5) is 0. The topological polar surface area (TPSA) is 24.7 Å². The second kappa shape index (κ2) is 7.35. The van der Waals surface area contributed by atoms with Crippen molar-refractivity contribution in [1.29, 1.82) is 0 Å². The Hall–Kier alpha value is -1.96. The largest absolute Gasteiger partial charge is 0.151 e. The zero-order chi connectivity index (χ0) is 11.6. The summed E-state index contributed by atoms with van der Waals surface area (Å²) in [6.45, 7) is 3.93. The van der Waals surface area contributed by atoms with Gasteiger partial charge in [0.2, 0.25) is 0 Å². The number of azo groups is 1. The molecule has 0 bridgehead atoms. The Balaban J connectivity index is 2.80. The van der Waals surface area contributed by atoms with E-state index in [4.69, 9.17) is 0 Å². The zero-order valence-corrected chi connectivity index (χ0v) is 9.67. The summed E-state index contributed by atoms with van der Waals surface area (Å²) in [5.74, 6) is 0. The van der Waals surface area contributed by atoms with E-state index in [1.807, 2.05) is 74.6 Å². The fourth-order valence-electron chi connectivity index (χ4n) is 1.10. The minimum Gasteiger partial charge on any atom is -0.151 e. The molecule has 0 aliphatic heterocycles. The van der Waals surface area contributed by atoms with Crippen LogP contribution in [0.5, 0.6) is 0 Å². The molecule has 0 aliphatic rings. The predicted octanol–water partition coefficient (Wildman–Crippen LogP) is 4.81. The number of benzene rings is 1. The summed E-state index contributed by atoms with van der Waals surface area (Å²) in [5.41, 5.74) is 1.70. The predicted molar refractivity (Wildman–Crippen MR) is 68.7 cm³/mol. The lowest BCUT2D eigenvalue weighted by Gasteiger charge is -1.92. The number of nitrogens with zero attached hydrogens (tertiary/aromatic N) is 2. The Labute approximate surface area is 96.7 Å². The van der Waals surface area contributed by atoms with E-state index >= 15 is 0 Å². The number of allylic oxidation sites excluding steroid dienone is 5. The molecule has 0 aliphatic carbocycles. The molecular formula is C14H16N2. The zero-order valence-electron chi connectivity index (χ0n) is 9.67. The van der Waals surface area contributed by atoms with Crippen molar-refractivity contribution in [3.63, 3.8) is 0 Å². The van der Waals surface area contributed by atoms with Crippen LogP contribution in [0.25, 0.3) is 0 Å². The second-order valence-electron chi connectivity index (χ2n) is 3.15. The van der Waals surface area contributed by atoms with E-state index in [-0.39, 0.29) is 0 Å². The third-order valence-corrected chi connectivity index (χ3v) is 1.83. The molecule has 0 heterocycles. The highest BCUT2D eigenvalue weighted by Crippen LogP contribution is 2.12. The molecule has 0 saturated heterocycles. The van der Waals surface area contributed by atoms with Crippen LogP contribution in [-0.4, -0.2) is 0 Å². The minimum absolute atomic E-state index is 0.837. The lowest BCUT2D eigenvalue weighted by atomic mass is 10.3. The van der Waals surface area contributed by atoms with Crippen molar-refractivity contribution in [3.8, 4) is 0 Å². The van der Waals surface area contributed by atoms with Gasteiger partial charge in [-0.25, -0.2) is 0 Å². The van der Waals surface area contributed by atoms with Gasteiger partial charge >= 0.3 is 0 Å². The maximum Gasteiger partial charge on any atom is 0.0857 e. The van der Waals surface area contributed by atoms with Gasteiger partial charge in [-0.2, -0.15) is 10.2 Å². The Kier molecular flexibility index (Phi) is 5.56. The number of hydrogen-bond donors (Lipinski definition) is 0. The maximum atomic E-state index is 4.17. The average molecular weight is 212 g/mol. The molecule has 0 fully saturated rings. The first kappa shape index (κ1) is 12.1. The fourth-order valence-corrected chi connectivity index (χ4v) is 1.10. The van der Waals surface area contributed by atoms with Crippen LogP contribution in [0.4, 0.5) is 5.69 Å². The fraction of sp³-hybridized carbons (Fsp3) is 0.143. The Morgan fingerprint density at radius 1 is 1.06 bits per heavy atom. The van der Waals surface area contributed by atoms with Crippen LogP contribution >= 0.6 is 0 Å². The lowest BCUT2D eigenvalue weighted by Crippen LogP contribution is -1.69.